The molecule has 0 spiro atoms. The molecule has 1 rings (SSSR count). The van der Waals surface area contributed by atoms with Gasteiger partial charge in [0.2, 0.25) is 0 Å². The van der Waals surface area contributed by atoms with Crippen LogP contribution in [0.3, 0.4) is 0 Å². The van der Waals surface area contributed by atoms with Crippen molar-refractivity contribution in [1.29, 1.82) is 0 Å². The Kier molecular flexibility index (Phi) is 3.16. The van der Waals surface area contributed by atoms with Crippen LogP contribution in [0.4, 0.5) is 18.9 Å². The summed E-state index contributed by atoms with van der Waals surface area (Å²) in [4.78, 5) is 0. The van der Waals surface area contributed by atoms with Crippen molar-refractivity contribution in [2.45, 2.75) is 6.36 Å². The summed E-state index contributed by atoms with van der Waals surface area (Å²) in [6.45, 7) is 0. The Bertz CT molecular complexity index is 356. The monoisotopic (exact) mass is 289 g/mol. The van der Waals surface area contributed by atoms with Gasteiger partial charge >= 0.3 is 6.36 Å². The second-order valence-corrected chi connectivity index (χ2v) is 3.58. The Balaban J connectivity index is 3.13. The minimum Gasteiger partial charge on any atom is -0.402 e. The number of nitrogens with two attached hydrogens (primary N) is 1. The molecule has 0 unspecified atom stereocenters. The minimum absolute atomic E-state index is 0.185. The molecule has 78 valence electrons. The van der Waals surface area contributed by atoms with Crippen molar-refractivity contribution in [1.82, 2.24) is 0 Å². The molecule has 0 saturated heterocycles. The molecule has 14 heavy (non-hydrogen) atoms. The topological polar surface area (TPSA) is 35.2 Å². The Morgan fingerprint density at radius 1 is 1.36 bits per heavy atom. The van der Waals surface area contributed by atoms with E-state index in [0.717, 1.165) is 0 Å². The number of anilines is 1. The van der Waals surface area contributed by atoms with E-state index < -0.39 is 12.1 Å². The molecule has 0 aliphatic heterocycles. The fourth-order valence-corrected chi connectivity index (χ4v) is 1.28. The van der Waals surface area contributed by atoms with Crippen molar-refractivity contribution in [2.24, 2.45) is 0 Å². The molecule has 0 atom stereocenters. The summed E-state index contributed by atoms with van der Waals surface area (Å²) in [6, 6.07) is 2.68. The maximum atomic E-state index is 11.9. The molecule has 2 nitrogen and oxygen atoms in total. The fraction of sp³-hybridized carbons (Fsp3) is 0.143. The molecule has 0 bridgehead atoms. The van der Waals surface area contributed by atoms with Crippen molar-refractivity contribution < 1.29 is 17.9 Å². The van der Waals surface area contributed by atoms with Crippen molar-refractivity contribution in [3.8, 4) is 5.75 Å². The van der Waals surface area contributed by atoms with Crippen molar-refractivity contribution in [3.05, 3.63) is 21.6 Å². The van der Waals surface area contributed by atoms with E-state index in [2.05, 4.69) is 20.7 Å². The molecule has 0 radical (unpaired) electrons. The van der Waals surface area contributed by atoms with E-state index in [9.17, 15) is 13.2 Å². The number of halogens is 5. The molecule has 0 aliphatic rings. The molecular weight excluding hydrogens is 286 g/mol. The van der Waals surface area contributed by atoms with Crippen molar-refractivity contribution in [2.75, 3.05) is 5.73 Å². The molecule has 7 heteroatoms. The van der Waals surface area contributed by atoms with Crippen LogP contribution >= 0.6 is 27.5 Å². The number of ether oxygens (including phenoxy) is 1. The third-order valence-corrected chi connectivity index (χ3v) is 2.30. The van der Waals surface area contributed by atoms with Crippen LogP contribution in [-0.2, 0) is 0 Å². The lowest BCUT2D eigenvalue weighted by molar-refractivity contribution is -0.274. The first-order chi connectivity index (χ1) is 6.31. The number of rotatable bonds is 1. The van der Waals surface area contributed by atoms with Crippen LogP contribution in [0.25, 0.3) is 0 Å². The van der Waals surface area contributed by atoms with Crippen LogP contribution in [0.15, 0.2) is 16.6 Å². The average Bonchev–Trinajstić information content (AvgIpc) is 2.04. The largest absolute Gasteiger partial charge is 0.573 e. The van der Waals surface area contributed by atoms with Gasteiger partial charge in [-0.15, -0.1) is 13.2 Å². The van der Waals surface area contributed by atoms with Gasteiger partial charge < -0.3 is 10.5 Å². The molecular formula is C7H4BrClF3NO. The van der Waals surface area contributed by atoms with Crippen LogP contribution in [-0.4, -0.2) is 6.36 Å². The van der Waals surface area contributed by atoms with Gasteiger partial charge in [0, 0.05) is 4.47 Å². The summed E-state index contributed by atoms with van der Waals surface area (Å²) in [7, 11) is 0. The summed E-state index contributed by atoms with van der Waals surface area (Å²) in [5.74, 6) is -0.589. The molecule has 0 amide bonds. The van der Waals surface area contributed by atoms with Crippen LogP contribution in [0, 0.1) is 0 Å². The first-order valence-corrected chi connectivity index (χ1v) is 4.47. The fourth-order valence-electron chi connectivity index (χ4n) is 0.768. The zero-order valence-electron chi connectivity index (χ0n) is 6.53. The van der Waals surface area contributed by atoms with Gasteiger partial charge in [0.1, 0.15) is 0 Å². The lowest BCUT2D eigenvalue weighted by Gasteiger charge is -2.13. The highest BCUT2D eigenvalue weighted by atomic mass is 79.9. The van der Waals surface area contributed by atoms with Crippen molar-refractivity contribution in [3.63, 3.8) is 0 Å². The van der Waals surface area contributed by atoms with Gasteiger partial charge in [-0.05, 0) is 28.1 Å². The number of benzene rings is 1. The van der Waals surface area contributed by atoms with Gasteiger partial charge in [-0.3, -0.25) is 0 Å². The van der Waals surface area contributed by atoms with E-state index in [-0.39, 0.29) is 10.7 Å². The first kappa shape index (κ1) is 11.5. The number of hydrogen-bond donors (Lipinski definition) is 1. The highest BCUT2D eigenvalue weighted by molar-refractivity contribution is 9.10. The van der Waals surface area contributed by atoms with E-state index in [1.165, 1.54) is 12.1 Å². The second kappa shape index (κ2) is 3.86. The summed E-state index contributed by atoms with van der Waals surface area (Å²) in [5.41, 5.74) is 5.15. The summed E-state index contributed by atoms with van der Waals surface area (Å²) in [5, 5.41) is -0.192. The molecule has 0 heterocycles. The predicted octanol–water partition coefficient (Wildman–Crippen LogP) is 3.58. The number of alkyl halides is 3. The van der Waals surface area contributed by atoms with Crippen LogP contribution in [0.2, 0.25) is 5.02 Å². The Morgan fingerprint density at radius 3 is 2.43 bits per heavy atom. The SMILES string of the molecule is Nc1c(Br)ccc(Cl)c1OC(F)(F)F. The zero-order valence-corrected chi connectivity index (χ0v) is 8.87. The van der Waals surface area contributed by atoms with Gasteiger partial charge in [0.15, 0.2) is 5.75 Å². The summed E-state index contributed by atoms with van der Waals surface area (Å²) >= 11 is 8.44. The lowest BCUT2D eigenvalue weighted by Crippen LogP contribution is -2.18. The highest BCUT2D eigenvalue weighted by Crippen LogP contribution is 2.39. The van der Waals surface area contributed by atoms with Crippen LogP contribution in [0.5, 0.6) is 5.75 Å². The smallest absolute Gasteiger partial charge is 0.402 e. The summed E-state index contributed by atoms with van der Waals surface area (Å²) < 4.78 is 39.6. The van der Waals surface area contributed by atoms with Crippen LogP contribution in [0.1, 0.15) is 0 Å². The molecule has 1 aromatic carbocycles. The molecule has 0 aliphatic carbocycles. The van der Waals surface area contributed by atoms with E-state index >= 15 is 0 Å². The van der Waals surface area contributed by atoms with E-state index in [1.54, 1.807) is 0 Å². The molecule has 1 aromatic rings. The van der Waals surface area contributed by atoms with Gasteiger partial charge in [-0.2, -0.15) is 0 Å². The third-order valence-electron chi connectivity index (χ3n) is 1.31. The van der Waals surface area contributed by atoms with Crippen LogP contribution < -0.4 is 10.5 Å². The standard InChI is InChI=1S/C7H4BrClF3NO/c8-3-1-2-4(9)6(5(3)13)14-7(10,11)12/h1-2H,13H2. The maximum Gasteiger partial charge on any atom is 0.573 e. The first-order valence-electron chi connectivity index (χ1n) is 3.30. The average molecular weight is 290 g/mol. The Labute approximate surface area is 90.9 Å². The minimum atomic E-state index is -4.81. The van der Waals surface area contributed by atoms with E-state index in [0.29, 0.717) is 4.47 Å². The van der Waals surface area contributed by atoms with E-state index in [1.807, 2.05) is 0 Å². The number of nitrogen functional groups attached to an aromatic ring is 1. The van der Waals surface area contributed by atoms with Gasteiger partial charge in [0.25, 0.3) is 0 Å². The molecule has 0 fully saturated rings. The van der Waals surface area contributed by atoms with E-state index in [4.69, 9.17) is 17.3 Å². The number of hydrogen-bond acceptors (Lipinski definition) is 2. The molecule has 2 N–H and O–H groups in total. The third kappa shape index (κ3) is 2.68. The van der Waals surface area contributed by atoms with Gasteiger partial charge in [0.05, 0.1) is 10.7 Å². The molecule has 0 saturated carbocycles. The highest BCUT2D eigenvalue weighted by Gasteiger charge is 2.33. The Hall–Kier alpha value is -0.620. The predicted molar refractivity (Wildman–Crippen MR) is 50.2 cm³/mol. The maximum absolute atomic E-state index is 11.9. The van der Waals surface area contributed by atoms with Crippen molar-refractivity contribution >= 4 is 33.2 Å². The molecule has 0 aromatic heterocycles. The van der Waals surface area contributed by atoms with Gasteiger partial charge in [-0.1, -0.05) is 11.6 Å². The quantitative estimate of drug-likeness (QED) is 0.802. The Morgan fingerprint density at radius 2 is 1.93 bits per heavy atom. The second-order valence-electron chi connectivity index (χ2n) is 2.32. The zero-order chi connectivity index (χ0) is 10.9. The normalized spacial score (nSPS) is 11.5. The summed E-state index contributed by atoms with van der Waals surface area (Å²) in [6.07, 6.45) is -4.81. The lowest BCUT2D eigenvalue weighted by atomic mass is 10.3. The van der Waals surface area contributed by atoms with Gasteiger partial charge in [-0.25, -0.2) is 0 Å².